The summed E-state index contributed by atoms with van der Waals surface area (Å²) in [5.41, 5.74) is -2.08. The molecule has 0 rings (SSSR count). The van der Waals surface area contributed by atoms with Crippen molar-refractivity contribution in [2.45, 2.75) is 32.0 Å². The van der Waals surface area contributed by atoms with Gasteiger partial charge in [-0.1, -0.05) is 6.08 Å². The lowest BCUT2D eigenvalue weighted by atomic mass is 10.0. The lowest BCUT2D eigenvalue weighted by Gasteiger charge is -2.30. The fourth-order valence-electron chi connectivity index (χ4n) is 0.850. The molecular weight excluding hydrogens is 169 g/mol. The van der Waals surface area contributed by atoms with E-state index in [9.17, 15) is 13.2 Å². The fourth-order valence-corrected chi connectivity index (χ4v) is 0.850. The molecule has 0 amide bonds. The molecule has 0 bridgehead atoms. The number of hydrogen-bond acceptors (Lipinski definition) is 1. The van der Waals surface area contributed by atoms with Crippen LogP contribution in [-0.2, 0) is 4.74 Å². The van der Waals surface area contributed by atoms with Gasteiger partial charge in [0.25, 0.3) is 0 Å². The number of rotatable bonds is 4. The maximum absolute atomic E-state index is 12.3. The van der Waals surface area contributed by atoms with Gasteiger partial charge in [0.2, 0.25) is 0 Å². The number of halogens is 3. The van der Waals surface area contributed by atoms with Gasteiger partial charge in [-0.2, -0.15) is 13.2 Å². The molecule has 12 heavy (non-hydrogen) atoms. The molecule has 0 aromatic rings. The minimum absolute atomic E-state index is 0.0455. The van der Waals surface area contributed by atoms with Crippen molar-refractivity contribution in [3.05, 3.63) is 12.7 Å². The van der Waals surface area contributed by atoms with Gasteiger partial charge >= 0.3 is 6.18 Å². The maximum atomic E-state index is 12.3. The highest BCUT2D eigenvalue weighted by atomic mass is 19.4. The van der Waals surface area contributed by atoms with E-state index in [1.54, 1.807) is 0 Å². The van der Waals surface area contributed by atoms with Crippen LogP contribution in [0.15, 0.2) is 12.7 Å². The third-order valence-corrected chi connectivity index (χ3v) is 1.60. The first-order chi connectivity index (χ1) is 5.37. The zero-order chi connectivity index (χ0) is 9.83. The Balaban J connectivity index is 4.48. The van der Waals surface area contributed by atoms with Crippen LogP contribution in [0.25, 0.3) is 0 Å². The Hall–Kier alpha value is -0.510. The summed E-state index contributed by atoms with van der Waals surface area (Å²) in [6, 6.07) is 0. The summed E-state index contributed by atoms with van der Waals surface area (Å²) in [7, 11) is 0. The van der Waals surface area contributed by atoms with E-state index in [0.29, 0.717) is 0 Å². The third kappa shape index (κ3) is 2.52. The van der Waals surface area contributed by atoms with Gasteiger partial charge in [-0.05, 0) is 13.8 Å². The van der Waals surface area contributed by atoms with Crippen LogP contribution >= 0.6 is 0 Å². The average molecular weight is 182 g/mol. The van der Waals surface area contributed by atoms with Gasteiger partial charge < -0.3 is 4.74 Å². The summed E-state index contributed by atoms with van der Waals surface area (Å²) in [4.78, 5) is 0. The molecule has 0 aromatic carbocycles. The van der Waals surface area contributed by atoms with Gasteiger partial charge in [-0.25, -0.2) is 0 Å². The van der Waals surface area contributed by atoms with Gasteiger partial charge in [0.05, 0.1) is 0 Å². The van der Waals surface area contributed by atoms with E-state index < -0.39 is 11.8 Å². The molecular formula is C8H13F3O. The van der Waals surface area contributed by atoms with Crippen molar-refractivity contribution in [2.75, 3.05) is 6.61 Å². The molecule has 0 aliphatic heterocycles. The molecule has 0 fully saturated rings. The Morgan fingerprint density at radius 3 is 2.17 bits per heavy atom. The topological polar surface area (TPSA) is 9.23 Å². The number of ether oxygens (including phenoxy) is 1. The van der Waals surface area contributed by atoms with Crippen molar-refractivity contribution in [1.82, 2.24) is 0 Å². The van der Waals surface area contributed by atoms with E-state index in [-0.39, 0.29) is 13.0 Å². The van der Waals surface area contributed by atoms with Gasteiger partial charge in [0.1, 0.15) is 0 Å². The molecule has 0 aliphatic carbocycles. The van der Waals surface area contributed by atoms with Crippen molar-refractivity contribution in [3.8, 4) is 0 Å². The first kappa shape index (κ1) is 11.5. The lowest BCUT2D eigenvalue weighted by Crippen LogP contribution is -2.44. The molecule has 0 radical (unpaired) electrons. The minimum Gasteiger partial charge on any atom is -0.366 e. The summed E-state index contributed by atoms with van der Waals surface area (Å²) in [6.45, 7) is 5.87. The van der Waals surface area contributed by atoms with E-state index in [1.165, 1.54) is 13.0 Å². The molecule has 1 nitrogen and oxygen atoms in total. The Kier molecular flexibility index (Phi) is 3.77. The van der Waals surface area contributed by atoms with Crippen molar-refractivity contribution in [1.29, 1.82) is 0 Å². The average Bonchev–Trinajstić information content (AvgIpc) is 1.86. The van der Waals surface area contributed by atoms with Crippen molar-refractivity contribution in [3.63, 3.8) is 0 Å². The van der Waals surface area contributed by atoms with E-state index in [4.69, 9.17) is 0 Å². The second kappa shape index (κ2) is 3.94. The zero-order valence-electron chi connectivity index (χ0n) is 7.24. The van der Waals surface area contributed by atoms with Gasteiger partial charge in [-0.3, -0.25) is 0 Å². The first-order valence-corrected chi connectivity index (χ1v) is 3.69. The summed E-state index contributed by atoms with van der Waals surface area (Å²) < 4.78 is 41.6. The molecule has 0 heterocycles. The quantitative estimate of drug-likeness (QED) is 0.607. The Morgan fingerprint density at radius 2 is 1.92 bits per heavy atom. The second-order valence-corrected chi connectivity index (χ2v) is 2.65. The SMILES string of the molecule is C=CCC(C)(OCC)C(F)(F)F. The van der Waals surface area contributed by atoms with Crippen molar-refractivity contribution >= 4 is 0 Å². The van der Waals surface area contributed by atoms with Gasteiger partial charge in [-0.15, -0.1) is 6.58 Å². The number of alkyl halides is 3. The van der Waals surface area contributed by atoms with E-state index in [2.05, 4.69) is 11.3 Å². The van der Waals surface area contributed by atoms with Crippen LogP contribution in [0, 0.1) is 0 Å². The van der Waals surface area contributed by atoms with E-state index in [0.717, 1.165) is 6.92 Å². The van der Waals surface area contributed by atoms with Crippen LogP contribution in [0.2, 0.25) is 0 Å². The molecule has 0 spiro atoms. The predicted molar refractivity (Wildman–Crippen MR) is 40.9 cm³/mol. The van der Waals surface area contributed by atoms with Crippen LogP contribution in [0.5, 0.6) is 0 Å². The summed E-state index contributed by atoms with van der Waals surface area (Å²) in [5.74, 6) is 0. The standard InChI is InChI=1S/C8H13F3O/c1-4-6-7(3,12-5-2)8(9,10)11/h4H,1,5-6H2,2-3H3. The monoisotopic (exact) mass is 182 g/mol. The summed E-state index contributed by atoms with van der Waals surface area (Å²) >= 11 is 0. The highest BCUT2D eigenvalue weighted by Crippen LogP contribution is 2.36. The fraction of sp³-hybridized carbons (Fsp3) is 0.750. The van der Waals surface area contributed by atoms with Crippen LogP contribution in [-0.4, -0.2) is 18.4 Å². The van der Waals surface area contributed by atoms with Crippen LogP contribution in [0.3, 0.4) is 0 Å². The highest BCUT2D eigenvalue weighted by Gasteiger charge is 2.51. The van der Waals surface area contributed by atoms with Crippen LogP contribution in [0.4, 0.5) is 13.2 Å². The van der Waals surface area contributed by atoms with Crippen molar-refractivity contribution in [2.24, 2.45) is 0 Å². The van der Waals surface area contributed by atoms with Gasteiger partial charge in [0.15, 0.2) is 5.60 Å². The van der Waals surface area contributed by atoms with Crippen molar-refractivity contribution < 1.29 is 17.9 Å². The molecule has 0 aromatic heterocycles. The zero-order valence-corrected chi connectivity index (χ0v) is 7.24. The molecule has 0 saturated carbocycles. The van der Waals surface area contributed by atoms with E-state index in [1.807, 2.05) is 0 Å². The summed E-state index contributed by atoms with van der Waals surface area (Å²) in [5, 5.41) is 0. The Morgan fingerprint density at radius 1 is 1.42 bits per heavy atom. The predicted octanol–water partition coefficient (Wildman–Crippen LogP) is 2.92. The molecule has 72 valence electrons. The second-order valence-electron chi connectivity index (χ2n) is 2.65. The smallest absolute Gasteiger partial charge is 0.366 e. The molecule has 1 unspecified atom stereocenters. The molecule has 0 aliphatic rings. The van der Waals surface area contributed by atoms with E-state index >= 15 is 0 Å². The summed E-state index contributed by atoms with van der Waals surface area (Å²) in [6.07, 6.45) is -3.34. The van der Waals surface area contributed by atoms with Crippen LogP contribution < -0.4 is 0 Å². The van der Waals surface area contributed by atoms with Gasteiger partial charge in [0, 0.05) is 13.0 Å². The third-order valence-electron chi connectivity index (χ3n) is 1.60. The lowest BCUT2D eigenvalue weighted by molar-refractivity contribution is -0.268. The molecule has 4 heteroatoms. The number of hydrogen-bond donors (Lipinski definition) is 0. The largest absolute Gasteiger partial charge is 0.417 e. The Labute approximate surface area is 70.2 Å². The maximum Gasteiger partial charge on any atom is 0.417 e. The Bertz CT molecular complexity index is 153. The molecule has 1 atom stereocenters. The minimum atomic E-state index is -4.34. The highest BCUT2D eigenvalue weighted by molar-refractivity contribution is 4.90. The molecule has 0 saturated heterocycles. The molecule has 0 N–H and O–H groups in total. The normalized spacial score (nSPS) is 17.1. The first-order valence-electron chi connectivity index (χ1n) is 3.69. The van der Waals surface area contributed by atoms with Crippen LogP contribution in [0.1, 0.15) is 20.3 Å².